The van der Waals surface area contributed by atoms with Gasteiger partial charge in [-0.15, -0.1) is 0 Å². The van der Waals surface area contributed by atoms with Gasteiger partial charge in [0.1, 0.15) is 29.0 Å². The molecule has 4 N–H and O–H groups in total. The minimum Gasteiger partial charge on any atom is -0.383 e. The van der Waals surface area contributed by atoms with Crippen LogP contribution in [-0.2, 0) is 13.1 Å². The van der Waals surface area contributed by atoms with Gasteiger partial charge in [0.25, 0.3) is 0 Å². The summed E-state index contributed by atoms with van der Waals surface area (Å²) in [5, 5.41) is 7.84. The monoisotopic (exact) mass is 534 g/mol. The molecule has 1 aliphatic heterocycles. The van der Waals surface area contributed by atoms with Crippen molar-refractivity contribution in [2.75, 3.05) is 18.8 Å². The molecule has 2 aromatic carbocycles. The summed E-state index contributed by atoms with van der Waals surface area (Å²) in [6.07, 6.45) is 3.72. The number of hydrogen-bond donors (Lipinski definition) is 3. The maximum absolute atomic E-state index is 14.0. The van der Waals surface area contributed by atoms with Gasteiger partial charge in [0, 0.05) is 23.7 Å². The van der Waals surface area contributed by atoms with Crippen LogP contribution in [0.2, 0.25) is 15.1 Å². The lowest BCUT2D eigenvalue weighted by atomic mass is 9.99. The van der Waals surface area contributed by atoms with E-state index in [0.29, 0.717) is 61.8 Å². The molecule has 1 aliphatic rings. The first-order chi connectivity index (χ1) is 16.8. The van der Waals surface area contributed by atoms with Crippen LogP contribution in [0.1, 0.15) is 24.1 Å². The number of benzene rings is 2. The number of rotatable bonds is 8. The van der Waals surface area contributed by atoms with Crippen LogP contribution in [0.4, 0.5) is 10.2 Å². The second-order valence-corrected chi connectivity index (χ2v) is 9.67. The first-order valence-electron chi connectivity index (χ1n) is 11.3. The number of imidazole rings is 1. The molecule has 0 unspecified atom stereocenters. The van der Waals surface area contributed by atoms with Crippen LogP contribution in [0.15, 0.2) is 53.8 Å². The van der Waals surface area contributed by atoms with E-state index in [1.807, 2.05) is 4.57 Å². The van der Waals surface area contributed by atoms with Gasteiger partial charge in [-0.05, 0) is 62.2 Å². The molecule has 2 heterocycles. The molecule has 3 aromatic rings. The number of aliphatic imine (C=N–C) groups is 1. The van der Waals surface area contributed by atoms with Crippen molar-refractivity contribution >= 4 is 46.8 Å². The van der Waals surface area contributed by atoms with Crippen molar-refractivity contribution < 1.29 is 4.39 Å². The highest BCUT2D eigenvalue weighted by Gasteiger charge is 2.23. The van der Waals surface area contributed by atoms with Gasteiger partial charge in [-0.2, -0.15) is 0 Å². The van der Waals surface area contributed by atoms with E-state index in [0.717, 1.165) is 25.9 Å². The fraction of sp³-hybridized carbons (Fsp3) is 0.280. The zero-order valence-electron chi connectivity index (χ0n) is 19.0. The first kappa shape index (κ1) is 25.5. The van der Waals surface area contributed by atoms with Gasteiger partial charge in [0.05, 0.1) is 21.8 Å². The summed E-state index contributed by atoms with van der Waals surface area (Å²) in [6, 6.07) is 9.71. The van der Waals surface area contributed by atoms with Gasteiger partial charge in [-0.3, -0.25) is 0 Å². The summed E-state index contributed by atoms with van der Waals surface area (Å²) in [5.41, 5.74) is 8.04. The summed E-state index contributed by atoms with van der Waals surface area (Å²) in [6.45, 7) is 6.66. The zero-order valence-corrected chi connectivity index (χ0v) is 21.3. The number of aromatic nitrogens is 2. The molecule has 35 heavy (non-hydrogen) atoms. The van der Waals surface area contributed by atoms with Crippen LogP contribution in [-0.4, -0.2) is 28.9 Å². The second kappa shape index (κ2) is 11.4. The molecule has 1 fully saturated rings. The third-order valence-electron chi connectivity index (χ3n) is 5.89. The highest BCUT2D eigenvalue weighted by atomic mass is 35.5. The number of nitrogens with two attached hydrogens (primary N) is 1. The van der Waals surface area contributed by atoms with Gasteiger partial charge in [-0.1, -0.05) is 47.4 Å². The Bertz CT molecular complexity index is 1230. The summed E-state index contributed by atoms with van der Waals surface area (Å²) < 4.78 is 15.9. The number of anilines is 1. The topological polar surface area (TPSA) is 80.3 Å². The summed E-state index contributed by atoms with van der Waals surface area (Å²) in [5.74, 6) is 1.41. The Morgan fingerprint density at radius 2 is 2.06 bits per heavy atom. The van der Waals surface area contributed by atoms with Gasteiger partial charge >= 0.3 is 0 Å². The summed E-state index contributed by atoms with van der Waals surface area (Å²) >= 11 is 19.0. The average Bonchev–Trinajstić information content (AvgIpc) is 3.13. The molecule has 0 saturated carbocycles. The van der Waals surface area contributed by atoms with E-state index in [2.05, 4.69) is 22.2 Å². The maximum atomic E-state index is 14.0. The van der Waals surface area contributed by atoms with E-state index < -0.39 is 0 Å². The third kappa shape index (κ3) is 6.16. The zero-order chi connectivity index (χ0) is 24.9. The fourth-order valence-corrected chi connectivity index (χ4v) is 4.83. The van der Waals surface area contributed by atoms with E-state index in [4.69, 9.17) is 45.5 Å². The number of nitrogens with one attached hydrogen (secondary N) is 2. The Hall–Kier alpha value is -2.58. The molecule has 184 valence electrons. The van der Waals surface area contributed by atoms with Crippen molar-refractivity contribution in [1.29, 1.82) is 0 Å². The highest BCUT2D eigenvalue weighted by Crippen LogP contribution is 2.36. The molecule has 0 radical (unpaired) electrons. The van der Waals surface area contributed by atoms with Crippen molar-refractivity contribution in [2.45, 2.75) is 25.9 Å². The second-order valence-electron chi connectivity index (χ2n) is 8.42. The predicted molar refractivity (Wildman–Crippen MR) is 143 cm³/mol. The first-order valence-corrected chi connectivity index (χ1v) is 12.4. The number of nitrogens with zero attached hydrogens (tertiary/aromatic N) is 3. The van der Waals surface area contributed by atoms with E-state index in [1.165, 1.54) is 18.3 Å². The minimum atomic E-state index is -0.361. The average molecular weight is 536 g/mol. The van der Waals surface area contributed by atoms with E-state index >= 15 is 0 Å². The molecule has 1 atom stereocenters. The normalized spacial score (nSPS) is 16.1. The molecule has 4 rings (SSSR count). The SMILES string of the molecule is C=C(N=Cc1nc(-c2c(Cl)cccc2Cl)n(C[C@@H]2CCCNC2)c1N)NCc1cc(Cl)ccc1F. The Balaban J connectivity index is 1.59. The van der Waals surface area contributed by atoms with E-state index in [1.54, 1.807) is 24.3 Å². The van der Waals surface area contributed by atoms with Crippen molar-refractivity contribution in [3.8, 4) is 11.4 Å². The number of nitrogen functional groups attached to an aromatic ring is 1. The van der Waals surface area contributed by atoms with E-state index in [-0.39, 0.29) is 12.4 Å². The number of piperidine rings is 1. The molecule has 10 heteroatoms. The van der Waals surface area contributed by atoms with Gasteiger partial charge in [-0.25, -0.2) is 14.4 Å². The molecule has 1 saturated heterocycles. The molecule has 0 bridgehead atoms. The smallest absolute Gasteiger partial charge is 0.145 e. The highest BCUT2D eigenvalue weighted by molar-refractivity contribution is 6.39. The quantitative estimate of drug-likeness (QED) is 0.313. The van der Waals surface area contributed by atoms with Gasteiger partial charge in [0.15, 0.2) is 0 Å². The lowest BCUT2D eigenvalue weighted by Crippen LogP contribution is -2.32. The Kier molecular flexibility index (Phi) is 8.34. The molecule has 0 aliphatic carbocycles. The molecule has 1 aromatic heterocycles. The molecule has 0 spiro atoms. The third-order valence-corrected chi connectivity index (χ3v) is 6.76. The Labute approximate surface area is 219 Å². The maximum Gasteiger partial charge on any atom is 0.145 e. The number of halogens is 4. The van der Waals surface area contributed by atoms with Crippen LogP contribution < -0.4 is 16.4 Å². The van der Waals surface area contributed by atoms with Crippen LogP contribution >= 0.6 is 34.8 Å². The van der Waals surface area contributed by atoms with Crippen molar-refractivity contribution in [3.63, 3.8) is 0 Å². The van der Waals surface area contributed by atoms with Crippen LogP contribution in [0.5, 0.6) is 0 Å². The van der Waals surface area contributed by atoms with Crippen LogP contribution in [0, 0.1) is 11.7 Å². The largest absolute Gasteiger partial charge is 0.383 e. The Morgan fingerprint density at radius 1 is 1.29 bits per heavy atom. The van der Waals surface area contributed by atoms with Crippen molar-refractivity contribution in [2.24, 2.45) is 10.9 Å². The van der Waals surface area contributed by atoms with Crippen molar-refractivity contribution in [1.82, 2.24) is 20.2 Å². The van der Waals surface area contributed by atoms with Gasteiger partial charge < -0.3 is 20.9 Å². The molecule has 6 nitrogen and oxygen atoms in total. The minimum absolute atomic E-state index is 0.182. The predicted octanol–water partition coefficient (Wildman–Crippen LogP) is 5.91. The summed E-state index contributed by atoms with van der Waals surface area (Å²) in [7, 11) is 0. The van der Waals surface area contributed by atoms with Gasteiger partial charge in [0.2, 0.25) is 0 Å². The fourth-order valence-electron chi connectivity index (χ4n) is 4.06. The standard InChI is InChI=1S/C25H26Cl3FN6/c1-15(32-12-17-10-18(26)7-8-21(17)29)33-13-22-24(30)35(14-16-4-3-9-31-11-16)25(34-22)23-19(27)5-2-6-20(23)28/h2,5-8,10,13,16,31-32H,1,3-4,9,11-12,14,30H2/t16-/m1/s1. The molecular weight excluding hydrogens is 510 g/mol. The van der Waals surface area contributed by atoms with Crippen LogP contribution in [0.25, 0.3) is 11.4 Å². The molecule has 0 amide bonds. The lowest BCUT2D eigenvalue weighted by molar-refractivity contribution is 0.340. The van der Waals surface area contributed by atoms with Crippen LogP contribution in [0.3, 0.4) is 0 Å². The molecular formula is C25H26Cl3FN6. The van der Waals surface area contributed by atoms with E-state index in [9.17, 15) is 4.39 Å². The Morgan fingerprint density at radius 3 is 2.77 bits per heavy atom. The lowest BCUT2D eigenvalue weighted by Gasteiger charge is -2.24. The van der Waals surface area contributed by atoms with Crippen molar-refractivity contribution in [3.05, 3.63) is 80.9 Å². The summed E-state index contributed by atoms with van der Waals surface area (Å²) in [4.78, 5) is 9.08. The number of hydrogen-bond acceptors (Lipinski definition) is 5.